The van der Waals surface area contributed by atoms with E-state index in [1.807, 2.05) is 17.9 Å². The number of alkyl halides is 3. The van der Waals surface area contributed by atoms with E-state index in [1.54, 1.807) is 30.3 Å². The number of hydrogen-bond acceptors (Lipinski definition) is 3. The lowest BCUT2D eigenvalue weighted by atomic mass is 9.99. The van der Waals surface area contributed by atoms with Crippen molar-refractivity contribution in [2.75, 3.05) is 26.2 Å². The molecule has 1 N–H and O–H groups in total. The molecular formula is C21H23F3N2O2. The lowest BCUT2D eigenvalue weighted by molar-refractivity contribution is -0.139. The third-order valence-electron chi connectivity index (χ3n) is 5.02. The van der Waals surface area contributed by atoms with Gasteiger partial charge in [0.05, 0.1) is 12.1 Å². The Hall–Kier alpha value is -2.38. The number of carboxylic acids is 1. The van der Waals surface area contributed by atoms with Gasteiger partial charge in [-0.1, -0.05) is 30.3 Å². The zero-order chi connectivity index (χ0) is 20.3. The van der Waals surface area contributed by atoms with Crippen molar-refractivity contribution >= 4 is 5.97 Å². The van der Waals surface area contributed by atoms with Crippen LogP contribution >= 0.6 is 0 Å². The summed E-state index contributed by atoms with van der Waals surface area (Å²) in [6.07, 6.45) is -4.41. The van der Waals surface area contributed by atoms with E-state index >= 15 is 0 Å². The predicted molar refractivity (Wildman–Crippen MR) is 101 cm³/mol. The molecule has 0 aliphatic carbocycles. The summed E-state index contributed by atoms with van der Waals surface area (Å²) in [4.78, 5) is 14.9. The predicted octanol–water partition coefficient (Wildman–Crippen LogP) is 3.96. The van der Waals surface area contributed by atoms with Gasteiger partial charge in [-0.3, -0.25) is 14.6 Å². The fraction of sp³-hybridized carbons (Fsp3) is 0.381. The van der Waals surface area contributed by atoms with Crippen LogP contribution in [0.2, 0.25) is 0 Å². The van der Waals surface area contributed by atoms with E-state index < -0.39 is 17.7 Å². The summed E-state index contributed by atoms with van der Waals surface area (Å²) >= 11 is 0. The maximum absolute atomic E-state index is 13.4. The van der Waals surface area contributed by atoms with Gasteiger partial charge in [-0.15, -0.1) is 0 Å². The highest BCUT2D eigenvalue weighted by molar-refractivity contribution is 5.69. The molecule has 28 heavy (non-hydrogen) atoms. The van der Waals surface area contributed by atoms with Gasteiger partial charge >= 0.3 is 12.1 Å². The van der Waals surface area contributed by atoms with Crippen LogP contribution in [0.4, 0.5) is 13.2 Å². The van der Waals surface area contributed by atoms with Gasteiger partial charge < -0.3 is 5.11 Å². The molecule has 1 aliphatic heterocycles. The lowest BCUT2D eigenvalue weighted by Gasteiger charge is -2.39. The molecule has 2 aromatic carbocycles. The van der Waals surface area contributed by atoms with Crippen LogP contribution in [0, 0.1) is 0 Å². The highest BCUT2D eigenvalue weighted by atomic mass is 19.4. The summed E-state index contributed by atoms with van der Waals surface area (Å²) in [6, 6.07) is 13.3. The van der Waals surface area contributed by atoms with Crippen molar-refractivity contribution in [3.05, 3.63) is 59.7 Å². The molecule has 0 saturated carbocycles. The Bertz CT molecular complexity index is 824. The summed E-state index contributed by atoms with van der Waals surface area (Å²) < 4.78 is 40.2. The third kappa shape index (κ3) is 5.11. The molecule has 1 saturated heterocycles. The SMILES string of the molecule is C[C@@H]1CN(Cc2cc(-c3ccccc3)cc(C(F)(F)F)c2)CCN1CC(=O)O. The first-order chi connectivity index (χ1) is 13.2. The van der Waals surface area contributed by atoms with Crippen LogP contribution in [0.5, 0.6) is 0 Å². The van der Waals surface area contributed by atoms with E-state index in [2.05, 4.69) is 4.90 Å². The quantitative estimate of drug-likeness (QED) is 0.837. The van der Waals surface area contributed by atoms with Crippen molar-refractivity contribution in [1.29, 1.82) is 0 Å². The monoisotopic (exact) mass is 392 g/mol. The van der Waals surface area contributed by atoms with Crippen molar-refractivity contribution < 1.29 is 23.1 Å². The highest BCUT2D eigenvalue weighted by Gasteiger charge is 2.32. The smallest absolute Gasteiger partial charge is 0.416 e. The Morgan fingerprint density at radius 1 is 1.11 bits per heavy atom. The summed E-state index contributed by atoms with van der Waals surface area (Å²) in [7, 11) is 0. The van der Waals surface area contributed by atoms with Crippen LogP contribution in [0.1, 0.15) is 18.1 Å². The normalized spacial score (nSPS) is 18.9. The summed E-state index contributed by atoms with van der Waals surface area (Å²) in [6.45, 7) is 4.14. The van der Waals surface area contributed by atoms with Crippen LogP contribution in [0.15, 0.2) is 48.5 Å². The number of halogens is 3. The fourth-order valence-electron chi connectivity index (χ4n) is 3.63. The van der Waals surface area contributed by atoms with Crippen molar-refractivity contribution in [2.45, 2.75) is 25.7 Å². The molecule has 7 heteroatoms. The van der Waals surface area contributed by atoms with E-state index in [4.69, 9.17) is 5.11 Å². The largest absolute Gasteiger partial charge is 0.480 e. The Morgan fingerprint density at radius 2 is 1.82 bits per heavy atom. The molecule has 0 amide bonds. The fourth-order valence-corrected chi connectivity index (χ4v) is 3.63. The van der Waals surface area contributed by atoms with E-state index in [-0.39, 0.29) is 12.6 Å². The minimum atomic E-state index is -4.41. The molecule has 150 valence electrons. The minimum Gasteiger partial charge on any atom is -0.480 e. The number of aliphatic carboxylic acids is 1. The molecule has 1 heterocycles. The van der Waals surface area contributed by atoms with Gasteiger partial charge in [-0.05, 0) is 41.8 Å². The molecule has 4 nitrogen and oxygen atoms in total. The number of rotatable bonds is 5. The Morgan fingerprint density at radius 3 is 2.43 bits per heavy atom. The maximum atomic E-state index is 13.4. The average molecular weight is 392 g/mol. The van der Waals surface area contributed by atoms with Crippen molar-refractivity contribution in [1.82, 2.24) is 9.80 Å². The average Bonchev–Trinajstić information content (AvgIpc) is 2.63. The summed E-state index contributed by atoms with van der Waals surface area (Å²) in [5.74, 6) is -0.870. The summed E-state index contributed by atoms with van der Waals surface area (Å²) in [5, 5.41) is 8.97. The molecule has 0 unspecified atom stereocenters. The van der Waals surface area contributed by atoms with Gasteiger partial charge in [0.25, 0.3) is 0 Å². The molecule has 1 atom stereocenters. The second-order valence-electron chi connectivity index (χ2n) is 7.23. The van der Waals surface area contributed by atoms with E-state index in [1.165, 1.54) is 12.1 Å². The molecule has 3 rings (SSSR count). The number of nitrogens with zero attached hydrogens (tertiary/aromatic N) is 2. The third-order valence-corrected chi connectivity index (χ3v) is 5.02. The number of piperazine rings is 1. The molecule has 1 aliphatic rings. The lowest BCUT2D eigenvalue weighted by Crippen LogP contribution is -2.52. The van der Waals surface area contributed by atoms with Gasteiger partial charge in [-0.2, -0.15) is 13.2 Å². The first-order valence-electron chi connectivity index (χ1n) is 9.17. The number of benzene rings is 2. The van der Waals surface area contributed by atoms with Gasteiger partial charge in [0.2, 0.25) is 0 Å². The van der Waals surface area contributed by atoms with Crippen LogP contribution < -0.4 is 0 Å². The Kier molecular flexibility index (Phi) is 6.05. The van der Waals surface area contributed by atoms with E-state index in [9.17, 15) is 18.0 Å². The first-order valence-corrected chi connectivity index (χ1v) is 9.17. The van der Waals surface area contributed by atoms with E-state index in [0.29, 0.717) is 37.3 Å². The van der Waals surface area contributed by atoms with Crippen molar-refractivity contribution in [3.8, 4) is 11.1 Å². The van der Waals surface area contributed by atoms with Crippen molar-refractivity contribution in [2.24, 2.45) is 0 Å². The minimum absolute atomic E-state index is 0.0171. The van der Waals surface area contributed by atoms with Crippen LogP contribution in [-0.4, -0.2) is 53.1 Å². The molecule has 0 spiro atoms. The summed E-state index contributed by atoms with van der Waals surface area (Å²) in [5.41, 5.74) is 1.24. The number of hydrogen-bond donors (Lipinski definition) is 1. The van der Waals surface area contributed by atoms with E-state index in [0.717, 1.165) is 5.56 Å². The Balaban J connectivity index is 1.81. The van der Waals surface area contributed by atoms with Gasteiger partial charge in [0, 0.05) is 32.2 Å². The zero-order valence-corrected chi connectivity index (χ0v) is 15.6. The first kappa shape index (κ1) is 20.4. The molecule has 2 aromatic rings. The van der Waals surface area contributed by atoms with Crippen LogP contribution in [0.25, 0.3) is 11.1 Å². The molecular weight excluding hydrogens is 369 g/mol. The van der Waals surface area contributed by atoms with Gasteiger partial charge in [-0.25, -0.2) is 0 Å². The molecule has 0 radical (unpaired) electrons. The zero-order valence-electron chi connectivity index (χ0n) is 15.6. The van der Waals surface area contributed by atoms with Crippen molar-refractivity contribution in [3.63, 3.8) is 0 Å². The highest BCUT2D eigenvalue weighted by Crippen LogP contribution is 2.34. The van der Waals surface area contributed by atoms with Crippen LogP contribution in [0.3, 0.4) is 0 Å². The standard InChI is InChI=1S/C21H23F3N2O2/c1-15-12-25(7-8-26(15)14-20(27)28)13-16-9-18(17-5-3-2-4-6-17)11-19(10-16)21(22,23)24/h2-6,9-11,15H,7-8,12-14H2,1H3,(H,27,28)/t15-/m1/s1. The molecule has 0 bridgehead atoms. The number of carboxylic acid groups (broad SMARTS) is 1. The topological polar surface area (TPSA) is 43.8 Å². The molecule has 1 fully saturated rings. The maximum Gasteiger partial charge on any atom is 0.416 e. The van der Waals surface area contributed by atoms with Gasteiger partial charge in [0.15, 0.2) is 0 Å². The van der Waals surface area contributed by atoms with Gasteiger partial charge in [0.1, 0.15) is 0 Å². The Labute approximate surface area is 162 Å². The second kappa shape index (κ2) is 8.32. The molecule has 0 aromatic heterocycles. The van der Waals surface area contributed by atoms with Crippen LogP contribution in [-0.2, 0) is 17.5 Å². The second-order valence-corrected chi connectivity index (χ2v) is 7.23. The number of carbonyl (C=O) groups is 1.